The maximum atomic E-state index is 14.0. The molecule has 1 aromatic heterocycles. The van der Waals surface area contributed by atoms with Crippen molar-refractivity contribution in [2.45, 2.75) is 90.6 Å². The van der Waals surface area contributed by atoms with E-state index in [1.807, 2.05) is 27.7 Å². The Morgan fingerprint density at radius 2 is 2.00 bits per heavy atom. The predicted molar refractivity (Wildman–Crippen MR) is 127 cm³/mol. The van der Waals surface area contributed by atoms with Gasteiger partial charge in [0.2, 0.25) is 11.8 Å². The summed E-state index contributed by atoms with van der Waals surface area (Å²) in [5.41, 5.74) is -0.544. The highest BCUT2D eigenvalue weighted by Gasteiger charge is 2.51. The first-order valence-electron chi connectivity index (χ1n) is 12.0. The van der Waals surface area contributed by atoms with Crippen LogP contribution in [-0.4, -0.2) is 61.8 Å². The van der Waals surface area contributed by atoms with Crippen LogP contribution in [0.4, 0.5) is 0 Å². The second-order valence-corrected chi connectivity index (χ2v) is 10.9. The van der Waals surface area contributed by atoms with Crippen molar-refractivity contribution in [3.8, 4) is 0 Å². The van der Waals surface area contributed by atoms with E-state index in [4.69, 9.17) is 9.42 Å². The van der Waals surface area contributed by atoms with Gasteiger partial charge in [-0.25, -0.2) is 4.98 Å². The molecule has 3 N–H and O–H groups in total. The first kappa shape index (κ1) is 27.1. The Labute approximate surface area is 206 Å². The van der Waals surface area contributed by atoms with Gasteiger partial charge in [-0.2, -0.15) is 0 Å². The highest BCUT2D eigenvalue weighted by atomic mass is 31.1. The average Bonchev–Trinajstić information content (AvgIpc) is 3.38. The number of hydrogen-bond acceptors (Lipinski definition) is 7. The summed E-state index contributed by atoms with van der Waals surface area (Å²) in [4.78, 5) is 58.9. The van der Waals surface area contributed by atoms with E-state index in [2.05, 4.69) is 20.6 Å². The van der Waals surface area contributed by atoms with Crippen LogP contribution in [0.1, 0.15) is 76.7 Å². The SMILES string of the molecule is CCC[C@H](NC(=O)[C@@H]1C[C@@H]2CCC[C@@H]2N1C(=O)[C@@H](NC(=O)c1cnccn1)C(C)(C)C)O[P+](=O)O. The molecule has 12 heteroatoms. The molecule has 35 heavy (non-hydrogen) atoms. The van der Waals surface area contributed by atoms with Crippen LogP contribution in [0.3, 0.4) is 0 Å². The molecule has 0 radical (unpaired) electrons. The quantitative estimate of drug-likeness (QED) is 0.340. The van der Waals surface area contributed by atoms with Crippen LogP contribution in [0.2, 0.25) is 0 Å². The number of aromatic nitrogens is 2. The number of carbonyl (C=O) groups is 3. The van der Waals surface area contributed by atoms with E-state index in [9.17, 15) is 18.9 Å². The van der Waals surface area contributed by atoms with Crippen molar-refractivity contribution in [3.63, 3.8) is 0 Å². The maximum Gasteiger partial charge on any atom is 0.696 e. The van der Waals surface area contributed by atoms with Gasteiger partial charge in [-0.1, -0.05) is 45.1 Å². The van der Waals surface area contributed by atoms with E-state index in [1.165, 1.54) is 18.6 Å². The maximum absolute atomic E-state index is 14.0. The zero-order chi connectivity index (χ0) is 25.8. The summed E-state index contributed by atoms with van der Waals surface area (Å²) in [5, 5.41) is 5.52. The zero-order valence-corrected chi connectivity index (χ0v) is 21.5. The third kappa shape index (κ3) is 6.59. The fourth-order valence-corrected chi connectivity index (χ4v) is 5.41. The number of rotatable bonds is 9. The molecule has 2 fully saturated rings. The van der Waals surface area contributed by atoms with Crippen LogP contribution < -0.4 is 10.6 Å². The number of nitrogens with one attached hydrogen (secondary N) is 2. The second-order valence-electron chi connectivity index (χ2n) is 10.2. The standard InChI is InChI=1S/C23H34N5O6P/c1-5-7-18(34-35(32)33)26-21(30)17-12-14-8-6-9-16(14)28(17)22(31)19(23(2,3)4)27-20(29)15-13-24-10-11-25-15/h10-11,13-14,16-19H,5-9,12H2,1-4H3,(H2-,26,27,29,30,32,33)/p+1/t14-,16-,17-,18+,19+/m0/s1. The van der Waals surface area contributed by atoms with Crippen LogP contribution >= 0.6 is 8.25 Å². The minimum Gasteiger partial charge on any atom is -0.338 e. The van der Waals surface area contributed by atoms with Gasteiger partial charge in [-0.05, 0) is 37.0 Å². The second kappa shape index (κ2) is 11.5. The lowest BCUT2D eigenvalue weighted by Gasteiger charge is -2.38. The molecule has 1 aromatic rings. The van der Waals surface area contributed by atoms with Crippen molar-refractivity contribution >= 4 is 26.0 Å². The van der Waals surface area contributed by atoms with E-state index in [0.717, 1.165) is 19.3 Å². The Hall–Kier alpha value is -2.49. The topological polar surface area (TPSA) is 151 Å². The largest absolute Gasteiger partial charge is 0.696 e. The molecule has 0 aromatic carbocycles. The summed E-state index contributed by atoms with van der Waals surface area (Å²) in [7, 11) is -2.89. The molecule has 0 spiro atoms. The van der Waals surface area contributed by atoms with Crippen LogP contribution in [0.15, 0.2) is 18.6 Å². The highest BCUT2D eigenvalue weighted by Crippen LogP contribution is 2.42. The first-order valence-corrected chi connectivity index (χ1v) is 13.2. The van der Waals surface area contributed by atoms with Crippen molar-refractivity contribution in [2.75, 3.05) is 0 Å². The summed E-state index contributed by atoms with van der Waals surface area (Å²) in [6.45, 7) is 7.43. The highest BCUT2D eigenvalue weighted by molar-refractivity contribution is 7.32. The van der Waals surface area contributed by atoms with Gasteiger partial charge in [0.05, 0.1) is 6.20 Å². The number of amides is 3. The van der Waals surface area contributed by atoms with Crippen molar-refractivity contribution < 1.29 is 28.4 Å². The van der Waals surface area contributed by atoms with Crippen molar-refractivity contribution in [3.05, 3.63) is 24.3 Å². The van der Waals surface area contributed by atoms with Gasteiger partial charge in [0, 0.05) is 23.0 Å². The number of likely N-dealkylation sites (tertiary alicyclic amines) is 1. The van der Waals surface area contributed by atoms with Gasteiger partial charge in [-0.3, -0.25) is 19.4 Å². The molecule has 11 nitrogen and oxygen atoms in total. The van der Waals surface area contributed by atoms with Gasteiger partial charge in [0.1, 0.15) is 17.8 Å². The molecule has 3 rings (SSSR count). The Kier molecular flexibility index (Phi) is 8.90. The molecule has 6 atom stereocenters. The van der Waals surface area contributed by atoms with E-state index in [1.54, 1.807) is 4.90 Å². The predicted octanol–water partition coefficient (Wildman–Crippen LogP) is 2.30. The van der Waals surface area contributed by atoms with Crippen LogP contribution in [-0.2, 0) is 18.7 Å². The fraction of sp³-hybridized carbons (Fsp3) is 0.696. The van der Waals surface area contributed by atoms with E-state index in [-0.39, 0.29) is 23.6 Å². The summed E-state index contributed by atoms with van der Waals surface area (Å²) in [5.74, 6) is -1.08. The summed E-state index contributed by atoms with van der Waals surface area (Å²) < 4.78 is 16.2. The molecule has 2 heterocycles. The van der Waals surface area contributed by atoms with Gasteiger partial charge in [0.15, 0.2) is 6.23 Å². The van der Waals surface area contributed by atoms with E-state index in [0.29, 0.717) is 19.3 Å². The van der Waals surface area contributed by atoms with Crippen LogP contribution in [0.25, 0.3) is 0 Å². The Balaban J connectivity index is 1.85. The van der Waals surface area contributed by atoms with Crippen molar-refractivity contribution in [1.82, 2.24) is 25.5 Å². The first-order chi connectivity index (χ1) is 16.5. The zero-order valence-electron chi connectivity index (χ0n) is 20.6. The van der Waals surface area contributed by atoms with Crippen LogP contribution in [0, 0.1) is 11.3 Å². The normalized spacial score (nSPS) is 23.9. The molecule has 192 valence electrons. The van der Waals surface area contributed by atoms with Crippen molar-refractivity contribution in [1.29, 1.82) is 0 Å². The number of hydrogen-bond donors (Lipinski definition) is 3. The summed E-state index contributed by atoms with van der Waals surface area (Å²) >= 11 is 0. The summed E-state index contributed by atoms with van der Waals surface area (Å²) in [6, 6.07) is -1.76. The molecule has 1 unspecified atom stereocenters. The van der Waals surface area contributed by atoms with Crippen LogP contribution in [0.5, 0.6) is 0 Å². The minimum atomic E-state index is -2.89. The third-order valence-corrected chi connectivity index (χ3v) is 7.09. The molecule has 1 aliphatic carbocycles. The monoisotopic (exact) mass is 508 g/mol. The number of nitrogens with zero attached hydrogens (tertiary/aromatic N) is 3. The molecule has 1 aliphatic heterocycles. The fourth-order valence-electron chi connectivity index (χ4n) is 5.04. The molecule has 2 aliphatic rings. The van der Waals surface area contributed by atoms with Gasteiger partial charge >= 0.3 is 8.25 Å². The van der Waals surface area contributed by atoms with Gasteiger partial charge in [-0.15, -0.1) is 4.89 Å². The summed E-state index contributed by atoms with van der Waals surface area (Å²) in [6.07, 6.45) is 7.43. The molecule has 0 bridgehead atoms. The Morgan fingerprint density at radius 3 is 2.60 bits per heavy atom. The molecular weight excluding hydrogens is 473 g/mol. The molecule has 3 amide bonds. The molecule has 1 saturated heterocycles. The molecular formula is C23H35N5O6P+. The molecule has 1 saturated carbocycles. The van der Waals surface area contributed by atoms with Crippen molar-refractivity contribution in [2.24, 2.45) is 11.3 Å². The van der Waals surface area contributed by atoms with E-state index < -0.39 is 43.8 Å². The van der Waals surface area contributed by atoms with Gasteiger partial charge < -0.3 is 15.5 Å². The average molecular weight is 509 g/mol. The Morgan fingerprint density at radius 1 is 1.26 bits per heavy atom. The number of carbonyl (C=O) groups excluding carboxylic acids is 3. The van der Waals surface area contributed by atoms with Gasteiger partial charge in [0.25, 0.3) is 5.91 Å². The Bertz CT molecular complexity index is 940. The lowest BCUT2D eigenvalue weighted by atomic mass is 9.85. The third-order valence-electron chi connectivity index (χ3n) is 6.65. The minimum absolute atomic E-state index is 0.0988. The lowest BCUT2D eigenvalue weighted by molar-refractivity contribution is -0.145. The smallest absolute Gasteiger partial charge is 0.338 e. The van der Waals surface area contributed by atoms with E-state index >= 15 is 0 Å². The number of fused-ring (bicyclic) bond motifs is 1. The lowest BCUT2D eigenvalue weighted by Crippen LogP contribution is -2.60.